The van der Waals surface area contributed by atoms with Crippen molar-refractivity contribution in [2.24, 2.45) is 10.2 Å². The van der Waals surface area contributed by atoms with E-state index in [0.717, 1.165) is 0 Å². The van der Waals surface area contributed by atoms with Gasteiger partial charge in [-0.15, -0.1) is 10.2 Å². The monoisotopic (exact) mass is 248 g/mol. The number of benzene rings is 1. The summed E-state index contributed by atoms with van der Waals surface area (Å²) in [6.07, 6.45) is -3.14. The van der Waals surface area contributed by atoms with E-state index in [2.05, 4.69) is 10.2 Å². The van der Waals surface area contributed by atoms with Gasteiger partial charge in [-0.25, -0.2) is 0 Å². The van der Waals surface area contributed by atoms with Gasteiger partial charge in [0.15, 0.2) is 0 Å². The minimum absolute atomic E-state index is 0.0901. The van der Waals surface area contributed by atoms with Crippen LogP contribution in [0.1, 0.15) is 5.56 Å². The van der Waals surface area contributed by atoms with Gasteiger partial charge in [-0.3, -0.25) is 4.21 Å². The standard InChI is InChI=1S/C9H7F3N2OS/c1-16(15)7-4-2-3-6(5-7)8(13-14-8)9(10,11)12/h2-5H,1H3. The highest BCUT2D eigenvalue weighted by molar-refractivity contribution is 7.84. The number of nitrogens with zero attached hydrogens (tertiary/aromatic N) is 2. The van der Waals surface area contributed by atoms with Gasteiger partial charge >= 0.3 is 11.8 Å². The van der Waals surface area contributed by atoms with E-state index in [4.69, 9.17) is 0 Å². The van der Waals surface area contributed by atoms with Gasteiger partial charge in [-0.05, 0) is 12.1 Å². The van der Waals surface area contributed by atoms with E-state index in [0.29, 0.717) is 4.90 Å². The normalized spacial score (nSPS) is 19.5. The third-order valence-electron chi connectivity index (χ3n) is 2.26. The maximum Gasteiger partial charge on any atom is 0.442 e. The highest BCUT2D eigenvalue weighted by Crippen LogP contribution is 2.52. The molecule has 7 heteroatoms. The first-order valence-corrected chi connectivity index (χ1v) is 5.87. The summed E-state index contributed by atoms with van der Waals surface area (Å²) in [6, 6.07) is 5.43. The molecule has 0 bridgehead atoms. The van der Waals surface area contributed by atoms with Crippen LogP contribution in [0.2, 0.25) is 0 Å². The molecule has 1 aromatic carbocycles. The number of halogens is 3. The van der Waals surface area contributed by atoms with Crippen LogP contribution in [-0.4, -0.2) is 16.6 Å². The first kappa shape index (κ1) is 11.3. The quantitative estimate of drug-likeness (QED) is 0.793. The summed E-state index contributed by atoms with van der Waals surface area (Å²) in [5, 5.41) is 6.15. The van der Waals surface area contributed by atoms with E-state index in [9.17, 15) is 17.4 Å². The molecule has 1 aliphatic heterocycles. The summed E-state index contributed by atoms with van der Waals surface area (Å²) in [6.45, 7) is 0. The van der Waals surface area contributed by atoms with Crippen LogP contribution in [0.4, 0.5) is 13.2 Å². The molecule has 2 rings (SSSR count). The van der Waals surface area contributed by atoms with Crippen LogP contribution in [0.5, 0.6) is 0 Å². The van der Waals surface area contributed by atoms with Crippen molar-refractivity contribution in [2.75, 3.05) is 6.26 Å². The average Bonchev–Trinajstić information content (AvgIpc) is 2.97. The Morgan fingerprint density at radius 3 is 2.38 bits per heavy atom. The Hall–Kier alpha value is -1.24. The van der Waals surface area contributed by atoms with Crippen LogP contribution in [0.25, 0.3) is 0 Å². The van der Waals surface area contributed by atoms with Crippen molar-refractivity contribution in [1.29, 1.82) is 0 Å². The van der Waals surface area contributed by atoms with Crippen molar-refractivity contribution < 1.29 is 17.4 Å². The Morgan fingerprint density at radius 1 is 1.31 bits per heavy atom. The van der Waals surface area contributed by atoms with Gasteiger partial charge in [0.1, 0.15) is 0 Å². The zero-order valence-corrected chi connectivity index (χ0v) is 8.97. The molecule has 0 aromatic heterocycles. The number of alkyl halides is 3. The van der Waals surface area contributed by atoms with Gasteiger partial charge in [0.2, 0.25) is 0 Å². The molecule has 1 unspecified atom stereocenters. The van der Waals surface area contributed by atoms with Crippen LogP contribution in [0.15, 0.2) is 39.4 Å². The lowest BCUT2D eigenvalue weighted by Gasteiger charge is -2.15. The number of hydrogen-bond donors (Lipinski definition) is 0. The SMILES string of the molecule is CS(=O)c1cccc(C2(C(F)(F)F)N=N2)c1. The van der Waals surface area contributed by atoms with Crippen molar-refractivity contribution in [1.82, 2.24) is 0 Å². The minimum Gasteiger partial charge on any atom is -0.255 e. The van der Waals surface area contributed by atoms with Crippen LogP contribution in [0, 0.1) is 0 Å². The topological polar surface area (TPSA) is 41.8 Å². The van der Waals surface area contributed by atoms with E-state index in [1.54, 1.807) is 0 Å². The molecule has 1 heterocycles. The zero-order chi connectivity index (χ0) is 12.0. The second-order valence-electron chi connectivity index (χ2n) is 3.35. The first-order valence-electron chi connectivity index (χ1n) is 4.31. The average molecular weight is 248 g/mol. The maximum atomic E-state index is 12.7. The second kappa shape index (κ2) is 3.38. The van der Waals surface area contributed by atoms with Gasteiger partial charge in [0.05, 0.1) is 0 Å². The van der Waals surface area contributed by atoms with E-state index < -0.39 is 22.6 Å². The highest BCUT2D eigenvalue weighted by Gasteiger charge is 2.65. The van der Waals surface area contributed by atoms with Crippen LogP contribution < -0.4 is 0 Å². The molecule has 3 nitrogen and oxygen atoms in total. The largest absolute Gasteiger partial charge is 0.442 e. The fraction of sp³-hybridized carbons (Fsp3) is 0.333. The molecule has 0 N–H and O–H groups in total. The summed E-state index contributed by atoms with van der Waals surface area (Å²) in [5.74, 6) is 0. The van der Waals surface area contributed by atoms with Crippen molar-refractivity contribution in [3.63, 3.8) is 0 Å². The number of rotatable bonds is 2. The molecule has 86 valence electrons. The second-order valence-corrected chi connectivity index (χ2v) is 4.73. The third kappa shape index (κ3) is 1.64. The van der Waals surface area contributed by atoms with Gasteiger partial charge < -0.3 is 0 Å². The maximum absolute atomic E-state index is 12.7. The Labute approximate surface area is 91.8 Å². The lowest BCUT2D eigenvalue weighted by atomic mass is 10.0. The van der Waals surface area contributed by atoms with E-state index in [1.807, 2.05) is 0 Å². The van der Waals surface area contributed by atoms with E-state index in [-0.39, 0.29) is 5.56 Å². The van der Waals surface area contributed by atoms with Crippen LogP contribution in [0.3, 0.4) is 0 Å². The van der Waals surface area contributed by atoms with Gasteiger partial charge in [0, 0.05) is 27.5 Å². The minimum atomic E-state index is -4.54. The lowest BCUT2D eigenvalue weighted by molar-refractivity contribution is -0.166. The predicted molar refractivity (Wildman–Crippen MR) is 51.4 cm³/mol. The lowest BCUT2D eigenvalue weighted by Crippen LogP contribution is -2.30. The first-order chi connectivity index (χ1) is 7.37. The van der Waals surface area contributed by atoms with Gasteiger partial charge in [-0.1, -0.05) is 12.1 Å². The number of hydrogen-bond acceptors (Lipinski definition) is 3. The molecule has 0 radical (unpaired) electrons. The Bertz CT molecular complexity index is 478. The Balaban J connectivity index is 2.42. The van der Waals surface area contributed by atoms with Crippen molar-refractivity contribution in [3.8, 4) is 0 Å². The molecule has 0 saturated heterocycles. The fourth-order valence-corrected chi connectivity index (χ4v) is 1.90. The van der Waals surface area contributed by atoms with Gasteiger partial charge in [0.25, 0.3) is 0 Å². The van der Waals surface area contributed by atoms with E-state index in [1.165, 1.54) is 30.5 Å². The summed E-state index contributed by atoms with van der Waals surface area (Å²) in [7, 11) is -1.32. The zero-order valence-electron chi connectivity index (χ0n) is 8.15. The molecule has 0 spiro atoms. The Morgan fingerprint density at radius 2 is 1.94 bits per heavy atom. The molecule has 0 aliphatic carbocycles. The summed E-state index contributed by atoms with van der Waals surface area (Å²) < 4.78 is 49.1. The summed E-state index contributed by atoms with van der Waals surface area (Å²) >= 11 is 0. The molecular formula is C9H7F3N2OS. The van der Waals surface area contributed by atoms with Crippen LogP contribution in [-0.2, 0) is 16.5 Å². The van der Waals surface area contributed by atoms with Crippen molar-refractivity contribution in [3.05, 3.63) is 29.8 Å². The molecule has 0 fully saturated rings. The highest BCUT2D eigenvalue weighted by atomic mass is 32.2. The molecule has 1 aromatic rings. The molecule has 0 amide bonds. The molecule has 1 aliphatic rings. The molecule has 1 atom stereocenters. The van der Waals surface area contributed by atoms with Gasteiger partial charge in [-0.2, -0.15) is 13.2 Å². The smallest absolute Gasteiger partial charge is 0.255 e. The van der Waals surface area contributed by atoms with Crippen molar-refractivity contribution >= 4 is 10.8 Å². The van der Waals surface area contributed by atoms with E-state index >= 15 is 0 Å². The fourth-order valence-electron chi connectivity index (χ4n) is 1.33. The molecular weight excluding hydrogens is 241 g/mol. The molecule has 16 heavy (non-hydrogen) atoms. The van der Waals surface area contributed by atoms with Crippen molar-refractivity contribution in [2.45, 2.75) is 16.7 Å². The third-order valence-corrected chi connectivity index (χ3v) is 3.18. The predicted octanol–water partition coefficient (Wildman–Crippen LogP) is 2.60. The summed E-state index contributed by atoms with van der Waals surface area (Å²) in [4.78, 5) is 0.332. The van der Waals surface area contributed by atoms with Crippen LogP contribution >= 0.6 is 0 Å². The Kier molecular flexibility index (Phi) is 2.37. The summed E-state index contributed by atoms with van der Waals surface area (Å²) in [5.41, 5.74) is -2.52. The molecule has 0 saturated carbocycles.